The van der Waals surface area contributed by atoms with Crippen molar-refractivity contribution in [3.8, 4) is 11.5 Å². The number of nitrogens with one attached hydrogen (secondary N) is 2. The van der Waals surface area contributed by atoms with Crippen LogP contribution in [0.15, 0.2) is 18.2 Å². The topological polar surface area (TPSA) is 76.7 Å². The number of hydrogen-bond donors (Lipinski definition) is 2. The number of carbonyl (C=O) groups is 2. The molecule has 2 N–H and O–H groups in total. The Morgan fingerprint density at radius 2 is 1.82 bits per heavy atom. The van der Waals surface area contributed by atoms with E-state index in [1.165, 1.54) is 7.11 Å². The van der Waals surface area contributed by atoms with Crippen molar-refractivity contribution in [1.82, 2.24) is 10.9 Å². The predicted octanol–water partition coefficient (Wildman–Crippen LogP) is 2.29. The fourth-order valence-corrected chi connectivity index (χ4v) is 1.51. The molecule has 1 aromatic rings. The molecule has 0 unspecified atom stereocenters. The van der Waals surface area contributed by atoms with Crippen LogP contribution in [0.25, 0.3) is 0 Å². The maximum Gasteiger partial charge on any atom is 0.269 e. The van der Waals surface area contributed by atoms with Gasteiger partial charge < -0.3 is 9.47 Å². The lowest BCUT2D eigenvalue weighted by Gasteiger charge is -2.18. The minimum absolute atomic E-state index is 0.268. The van der Waals surface area contributed by atoms with Gasteiger partial charge in [-0.3, -0.25) is 20.4 Å². The van der Waals surface area contributed by atoms with Crippen LogP contribution >= 0.6 is 0 Å². The van der Waals surface area contributed by atoms with Crippen LogP contribution in [0.1, 0.15) is 44.5 Å². The number of rotatable bonds is 5. The molecule has 0 saturated carbocycles. The second-order valence-electron chi connectivity index (χ2n) is 5.87. The summed E-state index contributed by atoms with van der Waals surface area (Å²) in [5.74, 6) is 0.372. The summed E-state index contributed by atoms with van der Waals surface area (Å²) in [6.07, 6.45) is 0.879. The van der Waals surface area contributed by atoms with Crippen molar-refractivity contribution in [1.29, 1.82) is 0 Å². The van der Waals surface area contributed by atoms with Crippen molar-refractivity contribution in [3.63, 3.8) is 0 Å². The highest BCUT2D eigenvalue weighted by molar-refractivity contribution is 5.96. The first-order chi connectivity index (χ1) is 10.3. The van der Waals surface area contributed by atoms with Crippen molar-refractivity contribution in [3.05, 3.63) is 23.8 Å². The van der Waals surface area contributed by atoms with Crippen molar-refractivity contribution in [2.75, 3.05) is 13.7 Å². The van der Waals surface area contributed by atoms with Gasteiger partial charge in [0.05, 0.1) is 13.7 Å². The fraction of sp³-hybridized carbons (Fsp3) is 0.500. The van der Waals surface area contributed by atoms with Crippen LogP contribution in [0.2, 0.25) is 0 Å². The maximum atomic E-state index is 12.0. The number of methoxy groups -OCH3 is 1. The van der Waals surface area contributed by atoms with Gasteiger partial charge in [0.25, 0.3) is 5.91 Å². The lowest BCUT2D eigenvalue weighted by molar-refractivity contribution is -0.129. The number of ether oxygens (including phenoxy) is 2. The molecule has 0 saturated heterocycles. The zero-order valence-corrected chi connectivity index (χ0v) is 13.8. The summed E-state index contributed by atoms with van der Waals surface area (Å²) >= 11 is 0. The molecule has 0 aliphatic heterocycles. The summed E-state index contributed by atoms with van der Waals surface area (Å²) in [4.78, 5) is 23.8. The Labute approximate surface area is 131 Å². The summed E-state index contributed by atoms with van der Waals surface area (Å²) in [5.41, 5.74) is 4.57. The van der Waals surface area contributed by atoms with Gasteiger partial charge in [-0.15, -0.1) is 0 Å². The van der Waals surface area contributed by atoms with E-state index in [1.54, 1.807) is 39.0 Å². The molecule has 0 spiro atoms. The molecule has 0 aromatic heterocycles. The van der Waals surface area contributed by atoms with Crippen molar-refractivity contribution in [2.45, 2.75) is 34.1 Å². The molecule has 1 aromatic carbocycles. The minimum atomic E-state index is -0.581. The molecule has 1 rings (SSSR count). The van der Waals surface area contributed by atoms with Crippen LogP contribution in [-0.2, 0) is 4.79 Å². The average Bonchev–Trinajstić information content (AvgIpc) is 2.48. The van der Waals surface area contributed by atoms with Crippen molar-refractivity contribution < 1.29 is 19.1 Å². The lowest BCUT2D eigenvalue weighted by atomic mass is 9.96. The van der Waals surface area contributed by atoms with Crippen LogP contribution in [0, 0.1) is 5.41 Å². The Morgan fingerprint density at radius 1 is 1.14 bits per heavy atom. The SMILES string of the molecule is CCCOc1ccc(C(=O)NNC(=O)C(C)(C)C)cc1OC. The molecule has 6 heteroatoms. The summed E-state index contributed by atoms with van der Waals surface area (Å²) in [7, 11) is 1.51. The largest absolute Gasteiger partial charge is 0.493 e. The van der Waals surface area contributed by atoms with Gasteiger partial charge in [0.15, 0.2) is 11.5 Å². The first kappa shape index (κ1) is 17.8. The van der Waals surface area contributed by atoms with Gasteiger partial charge in [0.2, 0.25) is 5.91 Å². The Hall–Kier alpha value is -2.24. The third-order valence-corrected chi connectivity index (χ3v) is 2.86. The van der Waals surface area contributed by atoms with E-state index in [1.807, 2.05) is 6.92 Å². The smallest absolute Gasteiger partial charge is 0.269 e. The molecular formula is C16H24N2O4. The van der Waals surface area contributed by atoms with Crippen LogP contribution in [0.3, 0.4) is 0 Å². The number of hydrazine groups is 1. The minimum Gasteiger partial charge on any atom is -0.493 e. The Kier molecular flexibility index (Phi) is 6.22. The standard InChI is InChI=1S/C16H24N2O4/c1-6-9-22-12-8-7-11(10-13(12)21-5)14(19)17-18-15(20)16(2,3)4/h7-8,10H,6,9H2,1-5H3,(H,17,19)(H,18,20). The molecule has 0 radical (unpaired) electrons. The number of hydrogen-bond acceptors (Lipinski definition) is 4. The third kappa shape index (κ3) is 4.95. The Balaban J connectivity index is 2.76. The summed E-state index contributed by atoms with van der Waals surface area (Å²) in [5, 5.41) is 0. The predicted molar refractivity (Wildman–Crippen MR) is 83.8 cm³/mol. The Bertz CT molecular complexity index is 535. The molecule has 0 aliphatic rings. The second kappa shape index (κ2) is 7.68. The van der Waals surface area contributed by atoms with E-state index in [0.717, 1.165) is 6.42 Å². The third-order valence-electron chi connectivity index (χ3n) is 2.86. The maximum absolute atomic E-state index is 12.0. The van der Waals surface area contributed by atoms with Crippen molar-refractivity contribution in [2.24, 2.45) is 5.41 Å². The fourth-order valence-electron chi connectivity index (χ4n) is 1.51. The van der Waals surface area contributed by atoms with Gasteiger partial charge >= 0.3 is 0 Å². The highest BCUT2D eigenvalue weighted by Crippen LogP contribution is 2.28. The summed E-state index contributed by atoms with van der Waals surface area (Å²) in [6.45, 7) is 7.86. The molecular weight excluding hydrogens is 284 g/mol. The van der Waals surface area contributed by atoms with E-state index in [2.05, 4.69) is 10.9 Å². The highest BCUT2D eigenvalue weighted by atomic mass is 16.5. The van der Waals surface area contributed by atoms with E-state index in [-0.39, 0.29) is 5.91 Å². The lowest BCUT2D eigenvalue weighted by Crippen LogP contribution is -2.46. The van der Waals surface area contributed by atoms with Gasteiger partial charge in [-0.1, -0.05) is 27.7 Å². The first-order valence-electron chi connectivity index (χ1n) is 7.21. The molecule has 0 aliphatic carbocycles. The molecule has 0 heterocycles. The Morgan fingerprint density at radius 3 is 2.36 bits per heavy atom. The number of carbonyl (C=O) groups excluding carboxylic acids is 2. The van der Waals surface area contributed by atoms with E-state index < -0.39 is 11.3 Å². The number of benzene rings is 1. The summed E-state index contributed by atoms with van der Waals surface area (Å²) < 4.78 is 10.7. The molecule has 22 heavy (non-hydrogen) atoms. The zero-order valence-electron chi connectivity index (χ0n) is 13.8. The molecule has 0 bridgehead atoms. The van der Waals surface area contributed by atoms with Gasteiger partial charge in [0.1, 0.15) is 0 Å². The van der Waals surface area contributed by atoms with Gasteiger partial charge in [-0.05, 0) is 24.6 Å². The van der Waals surface area contributed by atoms with Crippen LogP contribution in [0.4, 0.5) is 0 Å². The van der Waals surface area contributed by atoms with Crippen molar-refractivity contribution >= 4 is 11.8 Å². The molecule has 2 amide bonds. The van der Waals surface area contributed by atoms with Crippen LogP contribution < -0.4 is 20.3 Å². The quantitative estimate of drug-likeness (QED) is 0.818. The molecule has 122 valence electrons. The van der Waals surface area contributed by atoms with Gasteiger partial charge in [-0.25, -0.2) is 0 Å². The van der Waals surface area contributed by atoms with E-state index in [4.69, 9.17) is 9.47 Å². The highest BCUT2D eigenvalue weighted by Gasteiger charge is 2.21. The monoisotopic (exact) mass is 308 g/mol. The normalized spacial score (nSPS) is 10.8. The van der Waals surface area contributed by atoms with E-state index in [0.29, 0.717) is 23.7 Å². The zero-order chi connectivity index (χ0) is 16.8. The molecule has 0 fully saturated rings. The van der Waals surface area contributed by atoms with Gasteiger partial charge in [0, 0.05) is 11.0 Å². The van der Waals surface area contributed by atoms with Gasteiger partial charge in [-0.2, -0.15) is 0 Å². The van der Waals surface area contributed by atoms with E-state index >= 15 is 0 Å². The van der Waals surface area contributed by atoms with Crippen LogP contribution in [-0.4, -0.2) is 25.5 Å². The number of amides is 2. The summed E-state index contributed by atoms with van der Waals surface area (Å²) in [6, 6.07) is 4.87. The molecule has 0 atom stereocenters. The average molecular weight is 308 g/mol. The first-order valence-corrected chi connectivity index (χ1v) is 7.21. The van der Waals surface area contributed by atoms with Crippen LogP contribution in [0.5, 0.6) is 11.5 Å². The van der Waals surface area contributed by atoms with E-state index in [9.17, 15) is 9.59 Å². The second-order valence-corrected chi connectivity index (χ2v) is 5.87. The molecule has 6 nitrogen and oxygen atoms in total.